The molecule has 0 saturated carbocycles. The van der Waals surface area contributed by atoms with Crippen LogP contribution in [0.5, 0.6) is 5.75 Å². The summed E-state index contributed by atoms with van der Waals surface area (Å²) < 4.78 is 4.95. The number of amides is 2. The minimum absolute atomic E-state index is 0.132. The zero-order valence-electron chi connectivity index (χ0n) is 15.2. The Morgan fingerprint density at radius 1 is 0.929 bits per heavy atom. The third kappa shape index (κ3) is 5.01. The quantitative estimate of drug-likeness (QED) is 0.504. The molecule has 2 N–H and O–H groups in total. The van der Waals surface area contributed by atoms with E-state index < -0.39 is 5.97 Å². The number of ether oxygens (including phenoxy) is 1. The summed E-state index contributed by atoms with van der Waals surface area (Å²) in [4.78, 5) is 38.8. The highest BCUT2D eigenvalue weighted by Gasteiger charge is 2.11. The second-order valence-electron chi connectivity index (χ2n) is 5.87. The molecular formula is C20H17N3O4S. The molecule has 0 saturated heterocycles. The van der Waals surface area contributed by atoms with Crippen LogP contribution in [-0.4, -0.2) is 22.8 Å². The number of nitrogens with zero attached hydrogens (tertiary/aromatic N) is 1. The first-order valence-corrected chi connectivity index (χ1v) is 9.22. The predicted octanol–water partition coefficient (Wildman–Crippen LogP) is 3.95. The molecule has 28 heavy (non-hydrogen) atoms. The van der Waals surface area contributed by atoms with Crippen LogP contribution < -0.4 is 15.4 Å². The fourth-order valence-corrected chi connectivity index (χ4v) is 3.12. The number of esters is 1. The Hall–Kier alpha value is -3.52. The number of thiazole rings is 1. The monoisotopic (exact) mass is 395 g/mol. The Morgan fingerprint density at radius 3 is 2.21 bits per heavy atom. The van der Waals surface area contributed by atoms with Gasteiger partial charge in [0.15, 0.2) is 5.13 Å². The van der Waals surface area contributed by atoms with Crippen molar-refractivity contribution in [2.24, 2.45) is 0 Å². The molecule has 0 bridgehead atoms. The van der Waals surface area contributed by atoms with Crippen molar-refractivity contribution in [1.29, 1.82) is 0 Å². The van der Waals surface area contributed by atoms with Gasteiger partial charge in [0.05, 0.1) is 5.69 Å². The lowest BCUT2D eigenvalue weighted by Gasteiger charge is -2.04. The van der Waals surface area contributed by atoms with Crippen molar-refractivity contribution in [3.8, 4) is 17.0 Å². The molecule has 0 aliphatic carbocycles. The number of benzene rings is 2. The number of hydrogen-bond acceptors (Lipinski definition) is 6. The van der Waals surface area contributed by atoms with Crippen molar-refractivity contribution in [2.45, 2.75) is 13.8 Å². The van der Waals surface area contributed by atoms with Gasteiger partial charge in [-0.25, -0.2) is 4.98 Å². The summed E-state index contributed by atoms with van der Waals surface area (Å²) in [5.74, 6) is -0.482. The molecule has 0 atom stereocenters. The number of carbonyl (C=O) groups excluding carboxylic acids is 3. The first kappa shape index (κ1) is 19.2. The average Bonchev–Trinajstić information content (AvgIpc) is 3.10. The van der Waals surface area contributed by atoms with Crippen LogP contribution in [0, 0.1) is 0 Å². The van der Waals surface area contributed by atoms with Crippen molar-refractivity contribution in [3.63, 3.8) is 0 Å². The average molecular weight is 395 g/mol. The molecule has 8 heteroatoms. The van der Waals surface area contributed by atoms with Crippen LogP contribution in [0.25, 0.3) is 11.3 Å². The lowest BCUT2D eigenvalue weighted by atomic mass is 10.1. The van der Waals surface area contributed by atoms with Crippen molar-refractivity contribution in [3.05, 3.63) is 59.5 Å². The van der Waals surface area contributed by atoms with Crippen LogP contribution in [0.2, 0.25) is 0 Å². The fourth-order valence-electron chi connectivity index (χ4n) is 2.40. The van der Waals surface area contributed by atoms with Gasteiger partial charge in [0, 0.05) is 36.0 Å². The largest absolute Gasteiger partial charge is 0.427 e. The summed E-state index contributed by atoms with van der Waals surface area (Å²) in [6.45, 7) is 2.77. The third-order valence-corrected chi connectivity index (χ3v) is 4.36. The molecule has 142 valence electrons. The van der Waals surface area contributed by atoms with E-state index in [1.807, 2.05) is 17.5 Å². The fraction of sp³-hybridized carbons (Fsp3) is 0.100. The van der Waals surface area contributed by atoms with Crippen LogP contribution in [-0.2, 0) is 9.59 Å². The molecule has 0 fully saturated rings. The number of nitrogens with one attached hydrogen (secondary N) is 2. The predicted molar refractivity (Wildman–Crippen MR) is 108 cm³/mol. The summed E-state index contributed by atoms with van der Waals surface area (Å²) in [6, 6.07) is 13.5. The van der Waals surface area contributed by atoms with Crippen LogP contribution in [0.1, 0.15) is 24.2 Å². The van der Waals surface area contributed by atoms with E-state index in [9.17, 15) is 14.4 Å². The smallest absolute Gasteiger partial charge is 0.308 e. The van der Waals surface area contributed by atoms with E-state index in [1.165, 1.54) is 25.2 Å². The molecule has 0 aliphatic rings. The summed E-state index contributed by atoms with van der Waals surface area (Å²) in [5, 5.41) is 7.76. The minimum atomic E-state index is -0.419. The zero-order valence-corrected chi connectivity index (χ0v) is 16.0. The molecule has 0 spiro atoms. The lowest BCUT2D eigenvalue weighted by molar-refractivity contribution is -0.131. The van der Waals surface area contributed by atoms with E-state index in [2.05, 4.69) is 15.6 Å². The molecule has 7 nitrogen and oxygen atoms in total. The van der Waals surface area contributed by atoms with Gasteiger partial charge < -0.3 is 10.1 Å². The standard InChI is InChI=1S/C20H17N3O4S/c1-12(24)21-16-7-3-14(4-8-16)18-11-28-20(22-18)23-19(26)15-5-9-17(10-6-15)27-13(2)25/h3-11H,1-2H3,(H,21,24)(H,22,23,26). The van der Waals surface area contributed by atoms with Gasteiger partial charge in [-0.1, -0.05) is 12.1 Å². The van der Waals surface area contributed by atoms with Gasteiger partial charge in [0.2, 0.25) is 5.91 Å². The second kappa shape index (κ2) is 8.45. The summed E-state index contributed by atoms with van der Waals surface area (Å²) in [7, 11) is 0. The maximum absolute atomic E-state index is 12.3. The summed E-state index contributed by atoms with van der Waals surface area (Å²) >= 11 is 1.31. The van der Waals surface area contributed by atoms with Gasteiger partial charge in [-0.05, 0) is 36.4 Å². The Balaban J connectivity index is 1.66. The van der Waals surface area contributed by atoms with Crippen molar-refractivity contribution in [1.82, 2.24) is 4.98 Å². The molecule has 1 heterocycles. The molecule has 0 unspecified atom stereocenters. The van der Waals surface area contributed by atoms with Crippen molar-refractivity contribution < 1.29 is 19.1 Å². The Labute approximate surface area is 165 Å². The van der Waals surface area contributed by atoms with Gasteiger partial charge in [0.1, 0.15) is 5.75 Å². The third-order valence-electron chi connectivity index (χ3n) is 3.60. The Bertz CT molecular complexity index is 1010. The molecule has 1 aromatic heterocycles. The molecule has 0 aliphatic heterocycles. The van der Waals surface area contributed by atoms with Crippen LogP contribution in [0.4, 0.5) is 10.8 Å². The van der Waals surface area contributed by atoms with Gasteiger partial charge in [-0.3, -0.25) is 19.7 Å². The van der Waals surface area contributed by atoms with E-state index in [-0.39, 0.29) is 11.8 Å². The van der Waals surface area contributed by atoms with E-state index >= 15 is 0 Å². The normalized spacial score (nSPS) is 10.2. The van der Waals surface area contributed by atoms with E-state index in [0.717, 1.165) is 11.3 Å². The Kier molecular flexibility index (Phi) is 5.81. The van der Waals surface area contributed by atoms with Gasteiger partial charge in [0.25, 0.3) is 5.91 Å². The van der Waals surface area contributed by atoms with Gasteiger partial charge >= 0.3 is 5.97 Å². The number of anilines is 2. The lowest BCUT2D eigenvalue weighted by Crippen LogP contribution is -2.11. The molecular weight excluding hydrogens is 378 g/mol. The van der Waals surface area contributed by atoms with Crippen LogP contribution >= 0.6 is 11.3 Å². The number of hydrogen-bond donors (Lipinski definition) is 2. The van der Waals surface area contributed by atoms with Crippen molar-refractivity contribution >= 4 is 39.9 Å². The zero-order chi connectivity index (χ0) is 20.1. The summed E-state index contributed by atoms with van der Waals surface area (Å²) in [5.41, 5.74) is 2.72. The van der Waals surface area contributed by atoms with E-state index in [0.29, 0.717) is 22.1 Å². The Morgan fingerprint density at radius 2 is 1.61 bits per heavy atom. The maximum Gasteiger partial charge on any atom is 0.308 e. The van der Waals surface area contributed by atoms with E-state index in [1.54, 1.807) is 36.4 Å². The first-order valence-electron chi connectivity index (χ1n) is 8.34. The second-order valence-corrected chi connectivity index (χ2v) is 6.73. The number of rotatable bonds is 5. The summed E-state index contributed by atoms with van der Waals surface area (Å²) in [6.07, 6.45) is 0. The van der Waals surface area contributed by atoms with Crippen LogP contribution in [0.3, 0.4) is 0 Å². The van der Waals surface area contributed by atoms with Crippen molar-refractivity contribution in [2.75, 3.05) is 10.6 Å². The highest BCUT2D eigenvalue weighted by molar-refractivity contribution is 7.14. The van der Waals surface area contributed by atoms with Crippen LogP contribution in [0.15, 0.2) is 53.9 Å². The molecule has 0 radical (unpaired) electrons. The topological polar surface area (TPSA) is 97.4 Å². The highest BCUT2D eigenvalue weighted by atomic mass is 32.1. The van der Waals surface area contributed by atoms with E-state index in [4.69, 9.17) is 4.74 Å². The molecule has 3 rings (SSSR count). The minimum Gasteiger partial charge on any atom is -0.427 e. The molecule has 3 aromatic rings. The molecule has 2 aromatic carbocycles. The SMILES string of the molecule is CC(=O)Nc1ccc(-c2csc(NC(=O)c3ccc(OC(C)=O)cc3)n2)cc1. The molecule has 2 amide bonds. The van der Waals surface area contributed by atoms with Gasteiger partial charge in [-0.15, -0.1) is 11.3 Å². The number of aromatic nitrogens is 1. The first-order chi connectivity index (χ1) is 13.4. The number of carbonyl (C=O) groups is 3. The maximum atomic E-state index is 12.3. The van der Waals surface area contributed by atoms with Gasteiger partial charge in [-0.2, -0.15) is 0 Å². The highest BCUT2D eigenvalue weighted by Crippen LogP contribution is 2.26.